The van der Waals surface area contributed by atoms with Crippen LogP contribution < -0.4 is 4.90 Å². The summed E-state index contributed by atoms with van der Waals surface area (Å²) >= 11 is 0. The maximum atomic E-state index is 13.3. The van der Waals surface area contributed by atoms with Crippen molar-refractivity contribution in [1.82, 2.24) is 0 Å². The minimum Gasteiger partial charge on any atom is -0.462 e. The molecule has 0 bridgehead atoms. The van der Waals surface area contributed by atoms with Gasteiger partial charge in [-0.1, -0.05) is 70.2 Å². The second-order valence-corrected chi connectivity index (χ2v) is 10.2. The molecule has 0 aliphatic rings. The number of ether oxygens (including phenoxy) is 1. The Hall–Kier alpha value is -3.44. The van der Waals surface area contributed by atoms with E-state index in [1.165, 1.54) is 0 Å². The second-order valence-electron chi connectivity index (χ2n) is 10.2. The lowest BCUT2D eigenvalue weighted by molar-refractivity contribution is -0.116. The van der Waals surface area contributed by atoms with E-state index < -0.39 is 5.97 Å². The van der Waals surface area contributed by atoms with Crippen molar-refractivity contribution in [2.45, 2.75) is 59.8 Å². The van der Waals surface area contributed by atoms with Crippen molar-refractivity contribution in [3.8, 4) is 22.3 Å². The highest BCUT2D eigenvalue weighted by Crippen LogP contribution is 2.40. The first-order valence-electron chi connectivity index (χ1n) is 13.1. The van der Waals surface area contributed by atoms with Gasteiger partial charge in [-0.25, -0.2) is 4.79 Å². The van der Waals surface area contributed by atoms with Crippen LogP contribution in [0.25, 0.3) is 22.3 Å². The molecule has 3 rings (SSSR count). The number of hydrogen-bond donors (Lipinski definition) is 1. The zero-order valence-corrected chi connectivity index (χ0v) is 22.9. The molecule has 0 aliphatic carbocycles. The molecule has 0 heterocycles. The number of rotatable bonds is 9. The summed E-state index contributed by atoms with van der Waals surface area (Å²) in [5, 5.41) is 9.14. The molecule has 0 fully saturated rings. The highest BCUT2D eigenvalue weighted by Gasteiger charge is 2.26. The second kappa shape index (κ2) is 12.2. The number of anilines is 1. The number of hydrogen-bond acceptors (Lipinski definition) is 4. The SMILES string of the molecule is CCc1c(-c2ccccc2)ccc(C(=O)OCCCO)c1-c1ccc(N(CC)C(C)=O)c(C(C)(C)C)c1. The Morgan fingerprint density at radius 3 is 2.22 bits per heavy atom. The van der Waals surface area contributed by atoms with Gasteiger partial charge in [0, 0.05) is 32.2 Å². The van der Waals surface area contributed by atoms with Crippen molar-refractivity contribution in [2.75, 3.05) is 24.7 Å². The van der Waals surface area contributed by atoms with E-state index in [-0.39, 0.29) is 24.5 Å². The Balaban J connectivity index is 2.32. The van der Waals surface area contributed by atoms with Crippen molar-refractivity contribution >= 4 is 17.6 Å². The van der Waals surface area contributed by atoms with Crippen LogP contribution in [0.15, 0.2) is 60.7 Å². The lowest BCUT2D eigenvalue weighted by Gasteiger charge is -2.30. The molecule has 0 saturated carbocycles. The van der Waals surface area contributed by atoms with Gasteiger partial charge in [-0.3, -0.25) is 4.79 Å². The van der Waals surface area contributed by atoms with E-state index in [9.17, 15) is 9.59 Å². The monoisotopic (exact) mass is 501 g/mol. The van der Waals surface area contributed by atoms with Crippen LogP contribution in [0, 0.1) is 0 Å². The summed E-state index contributed by atoms with van der Waals surface area (Å²) in [6, 6.07) is 20.1. The van der Waals surface area contributed by atoms with Gasteiger partial charge in [0.05, 0.1) is 12.2 Å². The molecule has 5 heteroatoms. The summed E-state index contributed by atoms with van der Waals surface area (Å²) < 4.78 is 5.53. The molecular weight excluding hydrogens is 462 g/mol. The predicted octanol–water partition coefficient (Wildman–Crippen LogP) is 6.79. The molecule has 5 nitrogen and oxygen atoms in total. The molecule has 0 aromatic heterocycles. The van der Waals surface area contributed by atoms with E-state index >= 15 is 0 Å². The third kappa shape index (κ3) is 6.28. The Labute approximate surface area is 221 Å². The van der Waals surface area contributed by atoms with Gasteiger partial charge in [-0.15, -0.1) is 0 Å². The van der Waals surface area contributed by atoms with Crippen LogP contribution in [0.2, 0.25) is 0 Å². The number of amides is 1. The van der Waals surface area contributed by atoms with Crippen LogP contribution in [-0.2, 0) is 21.4 Å². The molecule has 196 valence electrons. The summed E-state index contributed by atoms with van der Waals surface area (Å²) in [6.07, 6.45) is 1.11. The molecule has 3 aromatic rings. The molecule has 0 unspecified atom stereocenters. The van der Waals surface area contributed by atoms with Gasteiger partial charge in [-0.05, 0) is 70.3 Å². The summed E-state index contributed by atoms with van der Waals surface area (Å²) in [6.45, 7) is 12.8. The largest absolute Gasteiger partial charge is 0.462 e. The first kappa shape index (κ1) is 28.1. The van der Waals surface area contributed by atoms with Crippen molar-refractivity contribution in [1.29, 1.82) is 0 Å². The van der Waals surface area contributed by atoms with Gasteiger partial charge in [0.25, 0.3) is 0 Å². The van der Waals surface area contributed by atoms with Crippen LogP contribution in [0.1, 0.15) is 69.4 Å². The molecule has 37 heavy (non-hydrogen) atoms. The van der Waals surface area contributed by atoms with Crippen molar-refractivity contribution < 1.29 is 19.4 Å². The zero-order chi connectivity index (χ0) is 27.2. The Morgan fingerprint density at radius 1 is 0.946 bits per heavy atom. The average molecular weight is 502 g/mol. The van der Waals surface area contributed by atoms with Crippen LogP contribution in [0.3, 0.4) is 0 Å². The maximum Gasteiger partial charge on any atom is 0.338 e. The van der Waals surface area contributed by atoms with E-state index in [0.29, 0.717) is 18.5 Å². The number of carbonyl (C=O) groups excluding carboxylic acids is 2. The third-order valence-electron chi connectivity index (χ3n) is 6.59. The van der Waals surface area contributed by atoms with E-state index in [0.717, 1.165) is 45.5 Å². The first-order chi connectivity index (χ1) is 17.6. The molecular formula is C32H39NO4. The Bertz CT molecular complexity index is 1240. The molecule has 0 atom stereocenters. The highest BCUT2D eigenvalue weighted by molar-refractivity contribution is 6.01. The Kier molecular flexibility index (Phi) is 9.28. The number of esters is 1. The zero-order valence-electron chi connectivity index (χ0n) is 22.9. The van der Waals surface area contributed by atoms with Gasteiger partial charge in [0.2, 0.25) is 5.91 Å². The summed E-state index contributed by atoms with van der Waals surface area (Å²) in [5.41, 5.74) is 7.17. The summed E-state index contributed by atoms with van der Waals surface area (Å²) in [4.78, 5) is 27.5. The number of carbonyl (C=O) groups is 2. The average Bonchev–Trinajstić information content (AvgIpc) is 2.88. The molecule has 0 aliphatic heterocycles. The van der Waals surface area contributed by atoms with Crippen LogP contribution in [0.5, 0.6) is 0 Å². The minimum absolute atomic E-state index is 0.00535. The highest BCUT2D eigenvalue weighted by atomic mass is 16.5. The number of benzene rings is 3. The van der Waals surface area contributed by atoms with E-state index in [1.807, 2.05) is 49.4 Å². The molecule has 0 spiro atoms. The first-order valence-corrected chi connectivity index (χ1v) is 13.1. The molecule has 0 radical (unpaired) electrons. The lowest BCUT2D eigenvalue weighted by atomic mass is 9.81. The molecule has 0 saturated heterocycles. The van der Waals surface area contributed by atoms with Gasteiger partial charge < -0.3 is 14.7 Å². The molecule has 3 aromatic carbocycles. The van der Waals surface area contributed by atoms with Crippen LogP contribution >= 0.6 is 0 Å². The van der Waals surface area contributed by atoms with Gasteiger partial charge in [-0.2, -0.15) is 0 Å². The fourth-order valence-corrected chi connectivity index (χ4v) is 4.80. The fraction of sp³-hybridized carbons (Fsp3) is 0.375. The van der Waals surface area contributed by atoms with E-state index in [4.69, 9.17) is 9.84 Å². The molecule has 1 amide bonds. The van der Waals surface area contributed by atoms with Gasteiger partial charge in [0.1, 0.15) is 0 Å². The van der Waals surface area contributed by atoms with Crippen molar-refractivity contribution in [3.05, 3.63) is 77.4 Å². The summed E-state index contributed by atoms with van der Waals surface area (Å²) in [5.74, 6) is -0.410. The van der Waals surface area contributed by atoms with Gasteiger partial charge >= 0.3 is 5.97 Å². The minimum atomic E-state index is -0.405. The normalized spacial score (nSPS) is 11.3. The van der Waals surface area contributed by atoms with Gasteiger partial charge in [0.15, 0.2) is 0 Å². The Morgan fingerprint density at radius 2 is 1.65 bits per heavy atom. The van der Waals surface area contributed by atoms with Crippen molar-refractivity contribution in [2.24, 2.45) is 0 Å². The molecule has 1 N–H and O–H groups in total. The predicted molar refractivity (Wildman–Crippen MR) is 151 cm³/mol. The van der Waals surface area contributed by atoms with Crippen LogP contribution in [0.4, 0.5) is 5.69 Å². The fourth-order valence-electron chi connectivity index (χ4n) is 4.80. The van der Waals surface area contributed by atoms with Crippen LogP contribution in [-0.4, -0.2) is 36.7 Å². The lowest BCUT2D eigenvalue weighted by Crippen LogP contribution is -2.30. The smallest absolute Gasteiger partial charge is 0.338 e. The topological polar surface area (TPSA) is 66.8 Å². The standard InChI is InChI=1S/C32H39NO4/c1-7-25-26(23-13-10-9-11-14-23)16-17-27(31(36)37-20-12-19-34)30(25)24-15-18-29(33(8-2)22(3)35)28(21-24)32(4,5)6/h9-11,13-18,21,34H,7-8,12,19-20H2,1-6H3. The quantitative estimate of drug-likeness (QED) is 0.259. The van der Waals surface area contributed by atoms with E-state index in [1.54, 1.807) is 11.8 Å². The maximum absolute atomic E-state index is 13.3. The van der Waals surface area contributed by atoms with Crippen molar-refractivity contribution in [3.63, 3.8) is 0 Å². The number of aliphatic hydroxyl groups excluding tert-OH is 1. The summed E-state index contributed by atoms with van der Waals surface area (Å²) in [7, 11) is 0. The number of aliphatic hydroxyl groups is 1. The van der Waals surface area contributed by atoms with E-state index in [2.05, 4.69) is 45.9 Å². The third-order valence-corrected chi connectivity index (χ3v) is 6.59. The number of nitrogens with zero attached hydrogens (tertiary/aromatic N) is 1.